The monoisotopic (exact) mass is 405 g/mol. The minimum Gasteiger partial charge on any atom is -0.370 e. The summed E-state index contributed by atoms with van der Waals surface area (Å²) in [5.74, 6) is -1.85. The molecule has 2 aromatic rings. The predicted octanol–water partition coefficient (Wildman–Crippen LogP) is 3.91. The molecule has 26 heavy (non-hydrogen) atoms. The third-order valence-corrected chi connectivity index (χ3v) is 3.78. The number of aliphatic imine (C=N–C) groups is 1. The van der Waals surface area contributed by atoms with E-state index >= 15 is 0 Å². The summed E-state index contributed by atoms with van der Waals surface area (Å²) in [5.41, 5.74) is 10.9. The molecule has 2 rings (SSSR count). The maximum atomic E-state index is 12.7. The van der Waals surface area contributed by atoms with Crippen molar-refractivity contribution in [2.45, 2.75) is 18.5 Å². The summed E-state index contributed by atoms with van der Waals surface area (Å²) < 4.78 is 38.1. The number of carbonyl (C=O) groups excluding carboxylic acids is 1. The van der Waals surface area contributed by atoms with Crippen molar-refractivity contribution in [2.24, 2.45) is 16.5 Å². The number of nitrogens with two attached hydrogens (primary N) is 2. The van der Waals surface area contributed by atoms with Crippen LogP contribution in [0.4, 0.5) is 13.2 Å². The maximum absolute atomic E-state index is 12.7. The molecule has 2 aromatic carbocycles. The number of benzene rings is 2. The number of alkyl halides is 3. The largest absolute Gasteiger partial charge is 0.416 e. The van der Waals surface area contributed by atoms with Crippen molar-refractivity contribution in [2.75, 3.05) is 0 Å². The Morgan fingerprint density at radius 3 is 2.04 bits per heavy atom. The lowest BCUT2D eigenvalue weighted by Crippen LogP contribution is -2.26. The molecule has 1 amide bonds. The molecule has 0 saturated heterocycles. The first kappa shape index (κ1) is 21.8. The van der Waals surface area contributed by atoms with Gasteiger partial charge in [0.1, 0.15) is 0 Å². The molecule has 0 radical (unpaired) electrons. The number of carbonyl (C=O) groups is 1. The van der Waals surface area contributed by atoms with Crippen LogP contribution in [0.1, 0.15) is 22.6 Å². The van der Waals surface area contributed by atoms with Crippen molar-refractivity contribution in [1.29, 1.82) is 0 Å². The highest BCUT2D eigenvalue weighted by atomic mass is 35.5. The number of halogens is 5. The molecule has 0 bridgehead atoms. The van der Waals surface area contributed by atoms with Crippen LogP contribution in [-0.4, -0.2) is 11.9 Å². The van der Waals surface area contributed by atoms with Crippen molar-refractivity contribution >= 4 is 35.9 Å². The highest BCUT2D eigenvalue weighted by Gasteiger charge is 2.31. The van der Waals surface area contributed by atoms with Crippen LogP contribution in [0.3, 0.4) is 0 Å². The fourth-order valence-electron chi connectivity index (χ4n) is 2.31. The van der Waals surface area contributed by atoms with E-state index in [9.17, 15) is 18.0 Å². The van der Waals surface area contributed by atoms with Gasteiger partial charge in [-0.2, -0.15) is 18.2 Å². The van der Waals surface area contributed by atoms with Crippen molar-refractivity contribution in [3.63, 3.8) is 0 Å². The van der Waals surface area contributed by atoms with Gasteiger partial charge in [-0.05, 0) is 41.8 Å². The van der Waals surface area contributed by atoms with Gasteiger partial charge < -0.3 is 11.5 Å². The molecule has 9 heteroatoms. The molecular formula is C17H16Cl2F3N3O. The van der Waals surface area contributed by atoms with E-state index in [1.54, 1.807) is 24.3 Å². The average molecular weight is 406 g/mol. The van der Waals surface area contributed by atoms with Crippen LogP contribution in [0.5, 0.6) is 0 Å². The van der Waals surface area contributed by atoms with Crippen molar-refractivity contribution in [3.8, 4) is 0 Å². The van der Waals surface area contributed by atoms with Gasteiger partial charge in [0.2, 0.25) is 0 Å². The summed E-state index contributed by atoms with van der Waals surface area (Å²) in [6.45, 7) is 0. The molecule has 4 N–H and O–H groups in total. The van der Waals surface area contributed by atoms with Crippen LogP contribution < -0.4 is 11.5 Å². The zero-order chi connectivity index (χ0) is 18.6. The molecule has 0 saturated carbocycles. The Morgan fingerprint density at radius 1 is 1.04 bits per heavy atom. The molecule has 0 aliphatic rings. The Bertz CT molecular complexity index is 771. The Balaban J connectivity index is 0.00000338. The van der Waals surface area contributed by atoms with Crippen LogP contribution in [-0.2, 0) is 17.4 Å². The van der Waals surface area contributed by atoms with Crippen LogP contribution in [0.2, 0.25) is 5.02 Å². The lowest BCUT2D eigenvalue weighted by Gasteiger charge is -2.15. The van der Waals surface area contributed by atoms with Crippen LogP contribution in [0, 0.1) is 0 Å². The van der Waals surface area contributed by atoms with Crippen LogP contribution >= 0.6 is 24.0 Å². The topological polar surface area (TPSA) is 81.5 Å². The van der Waals surface area contributed by atoms with E-state index < -0.39 is 29.5 Å². The second kappa shape index (κ2) is 8.91. The summed E-state index contributed by atoms with van der Waals surface area (Å²) in [6.07, 6.45) is -4.23. The van der Waals surface area contributed by atoms with Crippen LogP contribution in [0.25, 0.3) is 0 Å². The molecule has 4 nitrogen and oxygen atoms in total. The lowest BCUT2D eigenvalue weighted by atomic mass is 9.90. The fourth-order valence-corrected chi connectivity index (χ4v) is 2.44. The van der Waals surface area contributed by atoms with E-state index in [2.05, 4.69) is 4.99 Å². The van der Waals surface area contributed by atoms with Crippen LogP contribution in [0.15, 0.2) is 53.5 Å². The normalized spacial score (nSPS) is 12.0. The molecule has 0 spiro atoms. The zero-order valence-corrected chi connectivity index (χ0v) is 14.9. The quantitative estimate of drug-likeness (QED) is 0.597. The highest BCUT2D eigenvalue weighted by Crippen LogP contribution is 2.31. The molecule has 0 fully saturated rings. The van der Waals surface area contributed by atoms with E-state index in [4.69, 9.17) is 23.1 Å². The van der Waals surface area contributed by atoms with Gasteiger partial charge in [0, 0.05) is 5.02 Å². The maximum Gasteiger partial charge on any atom is 0.416 e. The van der Waals surface area contributed by atoms with Gasteiger partial charge in [-0.25, -0.2) is 0 Å². The van der Waals surface area contributed by atoms with Gasteiger partial charge in [-0.3, -0.25) is 4.79 Å². The zero-order valence-electron chi connectivity index (χ0n) is 13.3. The lowest BCUT2D eigenvalue weighted by molar-refractivity contribution is -0.137. The summed E-state index contributed by atoms with van der Waals surface area (Å²) in [6, 6.07) is 11.1. The highest BCUT2D eigenvalue weighted by molar-refractivity contribution is 6.30. The molecule has 0 aliphatic carbocycles. The SMILES string of the molecule is Cl.NC(N)=NC(=O)C(Cc1ccc(Cl)cc1)c1ccc(C(F)(F)F)cc1. The van der Waals surface area contributed by atoms with E-state index in [-0.39, 0.29) is 18.8 Å². The Kier molecular flexibility index (Phi) is 7.47. The smallest absolute Gasteiger partial charge is 0.370 e. The molecular weight excluding hydrogens is 390 g/mol. The van der Waals surface area contributed by atoms with E-state index in [0.717, 1.165) is 17.7 Å². The molecule has 140 valence electrons. The first-order chi connectivity index (χ1) is 11.7. The van der Waals surface area contributed by atoms with Gasteiger partial charge in [0.25, 0.3) is 5.91 Å². The standard InChI is InChI=1S/C17H15ClF3N3O.ClH/c18-13-7-1-10(2-8-13)9-14(15(25)24-16(22)23)11-3-5-12(6-4-11)17(19,20)21;/h1-8,14H,9H2,(H4,22,23,24,25);1H. The summed E-state index contributed by atoms with van der Waals surface area (Å²) >= 11 is 5.83. The van der Waals surface area contributed by atoms with Gasteiger partial charge in [0.15, 0.2) is 5.96 Å². The summed E-state index contributed by atoms with van der Waals surface area (Å²) in [4.78, 5) is 15.8. The number of amides is 1. The average Bonchev–Trinajstić information content (AvgIpc) is 2.53. The first-order valence-corrected chi connectivity index (χ1v) is 7.59. The third-order valence-electron chi connectivity index (χ3n) is 3.53. The van der Waals surface area contributed by atoms with E-state index in [1.165, 1.54) is 12.1 Å². The third kappa shape index (κ3) is 5.93. The number of rotatable bonds is 4. The van der Waals surface area contributed by atoms with Crippen molar-refractivity contribution < 1.29 is 18.0 Å². The van der Waals surface area contributed by atoms with Gasteiger partial charge in [0.05, 0.1) is 11.5 Å². The Morgan fingerprint density at radius 2 is 1.58 bits per heavy atom. The van der Waals surface area contributed by atoms with E-state index in [1.807, 2.05) is 0 Å². The molecule has 1 unspecified atom stereocenters. The second-order valence-corrected chi connectivity index (χ2v) is 5.81. The number of hydrogen-bond donors (Lipinski definition) is 2. The minimum atomic E-state index is -4.45. The second-order valence-electron chi connectivity index (χ2n) is 5.38. The molecule has 1 atom stereocenters. The summed E-state index contributed by atoms with van der Waals surface area (Å²) in [7, 11) is 0. The number of hydrogen-bond acceptors (Lipinski definition) is 1. The summed E-state index contributed by atoms with van der Waals surface area (Å²) in [5, 5.41) is 0.533. The van der Waals surface area contributed by atoms with Gasteiger partial charge in [-0.15, -0.1) is 12.4 Å². The Hall–Kier alpha value is -2.25. The van der Waals surface area contributed by atoms with Gasteiger partial charge >= 0.3 is 6.18 Å². The number of nitrogens with zero attached hydrogens (tertiary/aromatic N) is 1. The molecule has 0 aromatic heterocycles. The van der Waals surface area contributed by atoms with Crippen molar-refractivity contribution in [1.82, 2.24) is 0 Å². The molecule has 0 heterocycles. The van der Waals surface area contributed by atoms with E-state index in [0.29, 0.717) is 10.6 Å². The van der Waals surface area contributed by atoms with Gasteiger partial charge in [-0.1, -0.05) is 35.9 Å². The number of guanidine groups is 1. The van der Waals surface area contributed by atoms with Crippen molar-refractivity contribution in [3.05, 3.63) is 70.2 Å². The fraction of sp³-hybridized carbons (Fsp3) is 0.176. The Labute approximate surface area is 159 Å². The first-order valence-electron chi connectivity index (χ1n) is 7.22. The minimum absolute atomic E-state index is 0. The molecule has 0 aliphatic heterocycles. The predicted molar refractivity (Wildman–Crippen MR) is 97.4 cm³/mol.